The zero-order valence-electron chi connectivity index (χ0n) is 15.1. The molecule has 0 saturated heterocycles. The van der Waals surface area contributed by atoms with Gasteiger partial charge in [0, 0.05) is 18.1 Å². The predicted octanol–water partition coefficient (Wildman–Crippen LogP) is 4.10. The first kappa shape index (κ1) is 17.7. The maximum absolute atomic E-state index is 12.4. The smallest absolute Gasteiger partial charge is 0.307 e. The van der Waals surface area contributed by atoms with E-state index in [4.69, 9.17) is 0 Å². The second-order valence-electron chi connectivity index (χ2n) is 5.99. The first-order chi connectivity index (χ1) is 12.7. The quantitative estimate of drug-likeness (QED) is 0.704. The molecule has 0 atom stereocenters. The van der Waals surface area contributed by atoms with Gasteiger partial charge in [0.15, 0.2) is 0 Å². The number of benzene rings is 1. The molecule has 0 saturated carbocycles. The lowest BCUT2D eigenvalue weighted by Crippen LogP contribution is -2.21. The van der Waals surface area contributed by atoms with Crippen LogP contribution in [0.2, 0.25) is 0 Å². The molecular weight excluding hydrogens is 326 g/mol. The molecule has 6 nitrogen and oxygen atoms in total. The van der Waals surface area contributed by atoms with Crippen molar-refractivity contribution < 1.29 is 4.79 Å². The molecule has 0 bridgehead atoms. The molecule has 2 amide bonds. The Bertz CT molecular complexity index is 851. The van der Waals surface area contributed by atoms with Gasteiger partial charge in [0.2, 0.25) is 0 Å². The van der Waals surface area contributed by atoms with Crippen LogP contribution >= 0.6 is 0 Å². The van der Waals surface area contributed by atoms with Crippen LogP contribution in [0.5, 0.6) is 0 Å². The van der Waals surface area contributed by atoms with Crippen LogP contribution in [0.4, 0.5) is 16.2 Å². The van der Waals surface area contributed by atoms with Crippen molar-refractivity contribution in [3.8, 4) is 0 Å². The highest BCUT2D eigenvalue weighted by atomic mass is 16.2. The maximum Gasteiger partial charge on any atom is 0.323 e. The molecule has 0 aliphatic rings. The van der Waals surface area contributed by atoms with Crippen molar-refractivity contribution in [3.05, 3.63) is 71.8 Å². The second kappa shape index (κ2) is 8.29. The molecule has 6 heteroatoms. The van der Waals surface area contributed by atoms with Gasteiger partial charge in [-0.15, -0.1) is 0 Å². The largest absolute Gasteiger partial charge is 0.323 e. The number of amides is 2. The Labute approximate surface area is 153 Å². The summed E-state index contributed by atoms with van der Waals surface area (Å²) in [5.74, 6) is 0. The average Bonchev–Trinajstić information content (AvgIpc) is 3.09. The molecule has 0 fully saturated rings. The van der Waals surface area contributed by atoms with Crippen molar-refractivity contribution in [1.82, 2.24) is 14.8 Å². The van der Waals surface area contributed by atoms with Crippen LogP contribution in [-0.2, 0) is 19.4 Å². The predicted molar refractivity (Wildman–Crippen MR) is 103 cm³/mol. The van der Waals surface area contributed by atoms with Gasteiger partial charge in [-0.2, -0.15) is 5.10 Å². The standard InChI is InChI=1S/C20H23N5O/c1-3-15-8-7-9-16(4-2)19(15)24-20(26)23-18-12-22-25(14-18)13-17-10-5-6-11-21-17/h5-12,14H,3-4,13H2,1-2H3,(H2,23,24,26). The lowest BCUT2D eigenvalue weighted by molar-refractivity contribution is 0.262. The van der Waals surface area contributed by atoms with Crippen LogP contribution in [0.15, 0.2) is 55.0 Å². The Morgan fingerprint density at radius 3 is 2.46 bits per heavy atom. The highest BCUT2D eigenvalue weighted by Gasteiger charge is 2.11. The number of aryl methyl sites for hydroxylation is 2. The summed E-state index contributed by atoms with van der Waals surface area (Å²) in [6.07, 6.45) is 6.91. The van der Waals surface area contributed by atoms with E-state index in [1.54, 1.807) is 23.3 Å². The molecule has 2 heterocycles. The number of anilines is 2. The molecule has 0 unspecified atom stereocenters. The van der Waals surface area contributed by atoms with Gasteiger partial charge >= 0.3 is 6.03 Å². The van der Waals surface area contributed by atoms with Crippen molar-refractivity contribution >= 4 is 17.4 Å². The lowest BCUT2D eigenvalue weighted by atomic mass is 10.0. The van der Waals surface area contributed by atoms with Crippen LogP contribution < -0.4 is 10.6 Å². The van der Waals surface area contributed by atoms with Gasteiger partial charge in [0.1, 0.15) is 0 Å². The Kier molecular flexibility index (Phi) is 5.63. The third-order valence-corrected chi connectivity index (χ3v) is 4.18. The molecular formula is C20H23N5O. The van der Waals surface area contributed by atoms with Crippen LogP contribution in [-0.4, -0.2) is 20.8 Å². The molecule has 2 aromatic heterocycles. The van der Waals surface area contributed by atoms with Crippen LogP contribution in [0, 0.1) is 0 Å². The maximum atomic E-state index is 12.4. The molecule has 3 aromatic rings. The van der Waals surface area contributed by atoms with E-state index >= 15 is 0 Å². The summed E-state index contributed by atoms with van der Waals surface area (Å²) in [4.78, 5) is 16.7. The number of urea groups is 1. The molecule has 2 N–H and O–H groups in total. The first-order valence-electron chi connectivity index (χ1n) is 8.80. The van der Waals surface area contributed by atoms with Crippen molar-refractivity contribution in [2.45, 2.75) is 33.2 Å². The van der Waals surface area contributed by atoms with E-state index in [9.17, 15) is 4.79 Å². The molecule has 1 aromatic carbocycles. The minimum absolute atomic E-state index is 0.266. The fraction of sp³-hybridized carbons (Fsp3) is 0.250. The first-order valence-corrected chi connectivity index (χ1v) is 8.80. The normalized spacial score (nSPS) is 10.5. The van der Waals surface area contributed by atoms with Crippen molar-refractivity contribution in [1.29, 1.82) is 0 Å². The van der Waals surface area contributed by atoms with E-state index in [0.29, 0.717) is 12.2 Å². The average molecular weight is 349 g/mol. The van der Waals surface area contributed by atoms with Gasteiger partial charge in [-0.3, -0.25) is 9.67 Å². The number of para-hydroxylation sites is 1. The zero-order valence-corrected chi connectivity index (χ0v) is 15.1. The van der Waals surface area contributed by atoms with E-state index in [1.165, 1.54) is 0 Å². The van der Waals surface area contributed by atoms with Crippen molar-refractivity contribution in [3.63, 3.8) is 0 Å². The zero-order chi connectivity index (χ0) is 18.4. The van der Waals surface area contributed by atoms with Gasteiger partial charge in [0.05, 0.1) is 24.1 Å². The number of hydrogen-bond acceptors (Lipinski definition) is 3. The lowest BCUT2D eigenvalue weighted by Gasteiger charge is -2.14. The number of carbonyl (C=O) groups excluding carboxylic acids is 1. The van der Waals surface area contributed by atoms with Crippen LogP contribution in [0.25, 0.3) is 0 Å². The summed E-state index contributed by atoms with van der Waals surface area (Å²) in [6, 6.07) is 11.6. The fourth-order valence-electron chi connectivity index (χ4n) is 2.85. The van der Waals surface area contributed by atoms with E-state index in [0.717, 1.165) is 35.3 Å². The summed E-state index contributed by atoms with van der Waals surface area (Å²) in [6.45, 7) is 4.72. The molecule has 0 radical (unpaired) electrons. The third-order valence-electron chi connectivity index (χ3n) is 4.18. The van der Waals surface area contributed by atoms with Crippen molar-refractivity contribution in [2.24, 2.45) is 0 Å². The molecule has 0 aliphatic carbocycles. The molecule has 0 spiro atoms. The van der Waals surface area contributed by atoms with Crippen LogP contribution in [0.1, 0.15) is 30.7 Å². The third kappa shape index (κ3) is 4.27. The highest BCUT2D eigenvalue weighted by molar-refractivity contribution is 6.00. The number of hydrogen-bond donors (Lipinski definition) is 2. The Morgan fingerprint density at radius 1 is 1.04 bits per heavy atom. The summed E-state index contributed by atoms with van der Waals surface area (Å²) >= 11 is 0. The monoisotopic (exact) mass is 349 g/mol. The fourth-order valence-corrected chi connectivity index (χ4v) is 2.85. The SMILES string of the molecule is CCc1cccc(CC)c1NC(=O)Nc1cnn(Cc2ccccn2)c1. The minimum Gasteiger partial charge on any atom is -0.307 e. The highest BCUT2D eigenvalue weighted by Crippen LogP contribution is 2.22. The summed E-state index contributed by atoms with van der Waals surface area (Å²) in [5, 5.41) is 10.1. The summed E-state index contributed by atoms with van der Waals surface area (Å²) in [7, 11) is 0. The summed E-state index contributed by atoms with van der Waals surface area (Å²) in [5.41, 5.74) is 4.72. The van der Waals surface area contributed by atoms with Gasteiger partial charge < -0.3 is 10.6 Å². The van der Waals surface area contributed by atoms with Crippen molar-refractivity contribution in [2.75, 3.05) is 10.6 Å². The number of carbonyl (C=O) groups is 1. The van der Waals surface area contributed by atoms with Gasteiger partial charge in [-0.25, -0.2) is 4.79 Å². The summed E-state index contributed by atoms with van der Waals surface area (Å²) < 4.78 is 1.75. The van der Waals surface area contributed by atoms with Gasteiger partial charge in [0.25, 0.3) is 0 Å². The molecule has 0 aliphatic heterocycles. The Balaban J connectivity index is 1.66. The van der Waals surface area contributed by atoms with E-state index in [2.05, 4.69) is 34.6 Å². The van der Waals surface area contributed by atoms with E-state index in [-0.39, 0.29) is 6.03 Å². The molecule has 26 heavy (non-hydrogen) atoms. The van der Waals surface area contributed by atoms with Crippen LogP contribution in [0.3, 0.4) is 0 Å². The van der Waals surface area contributed by atoms with Gasteiger partial charge in [-0.1, -0.05) is 38.1 Å². The second-order valence-corrected chi connectivity index (χ2v) is 5.99. The Hall–Kier alpha value is -3.15. The molecule has 134 valence electrons. The number of rotatable bonds is 6. The number of pyridine rings is 1. The topological polar surface area (TPSA) is 71.8 Å². The Morgan fingerprint density at radius 2 is 1.81 bits per heavy atom. The van der Waals surface area contributed by atoms with Gasteiger partial charge in [-0.05, 0) is 36.1 Å². The number of nitrogens with one attached hydrogen (secondary N) is 2. The number of aromatic nitrogens is 3. The van der Waals surface area contributed by atoms with E-state index < -0.39 is 0 Å². The minimum atomic E-state index is -0.266. The van der Waals surface area contributed by atoms with E-state index in [1.807, 2.05) is 36.4 Å². The molecule has 3 rings (SSSR count). The number of nitrogens with zero attached hydrogens (tertiary/aromatic N) is 3.